The van der Waals surface area contributed by atoms with E-state index in [1.54, 1.807) is 12.3 Å². The summed E-state index contributed by atoms with van der Waals surface area (Å²) in [7, 11) is 0. The molecule has 7 heteroatoms. The molecular weight excluding hydrogens is 400 g/mol. The Morgan fingerprint density at radius 3 is 2.81 bits per heavy atom. The lowest BCUT2D eigenvalue weighted by Crippen LogP contribution is -2.40. The Hall–Kier alpha value is -3.22. The van der Waals surface area contributed by atoms with Crippen LogP contribution in [0.4, 0.5) is 5.82 Å². The van der Waals surface area contributed by atoms with Crippen molar-refractivity contribution in [2.45, 2.75) is 44.9 Å². The van der Waals surface area contributed by atoms with Crippen LogP contribution in [0.25, 0.3) is 0 Å². The Bertz CT molecular complexity index is 1070. The summed E-state index contributed by atoms with van der Waals surface area (Å²) in [6.45, 7) is 5.52. The number of aromatic nitrogens is 4. The zero-order valence-corrected chi connectivity index (χ0v) is 18.6. The molecule has 1 amide bonds. The van der Waals surface area contributed by atoms with E-state index in [4.69, 9.17) is 9.97 Å². The van der Waals surface area contributed by atoms with Gasteiger partial charge in [0.15, 0.2) is 0 Å². The number of hydrogen-bond donors (Lipinski definition) is 1. The summed E-state index contributed by atoms with van der Waals surface area (Å²) in [5.74, 6) is 2.16. The normalized spacial score (nSPS) is 18.5. The maximum absolute atomic E-state index is 12.8. The molecule has 4 heterocycles. The van der Waals surface area contributed by atoms with Gasteiger partial charge >= 0.3 is 0 Å². The summed E-state index contributed by atoms with van der Waals surface area (Å²) in [6, 6.07) is 12.4. The number of H-pyrrole nitrogens is 1. The number of fused-ring (bicyclic) bond motifs is 1. The number of rotatable bonds is 5. The van der Waals surface area contributed by atoms with Gasteiger partial charge in [0.1, 0.15) is 17.3 Å². The van der Waals surface area contributed by atoms with Crippen LogP contribution >= 0.6 is 0 Å². The Morgan fingerprint density at radius 2 is 2.00 bits per heavy atom. The topological polar surface area (TPSA) is 78.0 Å². The van der Waals surface area contributed by atoms with Crippen LogP contribution in [-0.2, 0) is 12.8 Å². The van der Waals surface area contributed by atoms with Gasteiger partial charge in [-0.25, -0.2) is 9.97 Å². The highest BCUT2D eigenvalue weighted by atomic mass is 16.2. The van der Waals surface area contributed by atoms with Crippen LogP contribution in [0.1, 0.15) is 58.3 Å². The predicted octanol–water partition coefficient (Wildman–Crippen LogP) is 3.52. The smallest absolute Gasteiger partial charge is 0.271 e. The summed E-state index contributed by atoms with van der Waals surface area (Å²) in [4.78, 5) is 27.2. The van der Waals surface area contributed by atoms with E-state index in [2.05, 4.69) is 52.4 Å². The van der Waals surface area contributed by atoms with Gasteiger partial charge in [-0.2, -0.15) is 5.10 Å². The van der Waals surface area contributed by atoms with Crippen molar-refractivity contribution in [2.24, 2.45) is 0 Å². The zero-order chi connectivity index (χ0) is 21.9. The third-order valence-electron chi connectivity index (χ3n) is 6.68. The number of benzene rings is 1. The van der Waals surface area contributed by atoms with Crippen LogP contribution in [0, 0.1) is 6.92 Å². The number of anilines is 1. The molecule has 5 rings (SSSR count). The molecule has 3 aromatic rings. The molecule has 32 heavy (non-hydrogen) atoms. The summed E-state index contributed by atoms with van der Waals surface area (Å²) in [5.41, 5.74) is 4.27. The Morgan fingerprint density at radius 1 is 1.12 bits per heavy atom. The zero-order valence-electron chi connectivity index (χ0n) is 18.6. The van der Waals surface area contributed by atoms with E-state index in [0.29, 0.717) is 12.2 Å². The molecule has 2 aliphatic heterocycles. The molecule has 1 saturated heterocycles. The molecule has 1 aromatic carbocycles. The molecule has 1 N–H and O–H groups in total. The van der Waals surface area contributed by atoms with Crippen LogP contribution in [0.15, 0.2) is 42.6 Å². The number of nitrogens with zero attached hydrogens (tertiary/aromatic N) is 5. The van der Waals surface area contributed by atoms with Crippen molar-refractivity contribution in [1.29, 1.82) is 0 Å². The number of carbonyl (C=O) groups excluding carboxylic acids is 1. The average molecular weight is 431 g/mol. The number of carbonyl (C=O) groups is 1. The van der Waals surface area contributed by atoms with Gasteiger partial charge in [-0.1, -0.05) is 30.3 Å². The van der Waals surface area contributed by atoms with Crippen LogP contribution < -0.4 is 4.90 Å². The average Bonchev–Trinajstić information content (AvgIpc) is 3.38. The van der Waals surface area contributed by atoms with Crippen molar-refractivity contribution in [2.75, 3.05) is 31.1 Å². The Balaban J connectivity index is 1.36. The molecule has 7 nitrogen and oxygen atoms in total. The first kappa shape index (κ1) is 20.7. The highest BCUT2D eigenvalue weighted by Crippen LogP contribution is 2.32. The number of nitrogens with one attached hydrogen (secondary N) is 1. The number of likely N-dealkylation sites (tertiary alicyclic amines) is 1. The van der Waals surface area contributed by atoms with E-state index in [9.17, 15) is 4.79 Å². The standard InChI is InChI=1S/C25H30N6O/c1-18-21-10-6-14-30(16-12-19-7-3-2-4-8-19)24(21)28-23(27-18)20-9-5-15-31(17-20)25(32)22-11-13-26-29-22/h2-4,7-8,11,13,20H,5-6,9-10,12,14-17H2,1H3,(H,26,29)/t20-/m1/s1. The maximum atomic E-state index is 12.8. The van der Waals surface area contributed by atoms with Crippen molar-refractivity contribution in [3.05, 3.63) is 70.9 Å². The van der Waals surface area contributed by atoms with E-state index >= 15 is 0 Å². The van der Waals surface area contributed by atoms with Crippen LogP contribution in [0.5, 0.6) is 0 Å². The van der Waals surface area contributed by atoms with Gasteiger partial charge in [0.05, 0.1) is 0 Å². The van der Waals surface area contributed by atoms with Gasteiger partial charge < -0.3 is 9.80 Å². The highest BCUT2D eigenvalue weighted by Gasteiger charge is 2.30. The second-order valence-electron chi connectivity index (χ2n) is 8.86. The van der Waals surface area contributed by atoms with Crippen molar-refractivity contribution in [1.82, 2.24) is 25.1 Å². The SMILES string of the molecule is Cc1nc([C@@H]2CCCN(C(=O)c3ccn[nH]3)C2)nc2c1CCCN2CCc1ccccc1. The molecule has 0 spiro atoms. The molecule has 166 valence electrons. The third kappa shape index (κ3) is 4.24. The van der Waals surface area contributed by atoms with Crippen LogP contribution in [0.2, 0.25) is 0 Å². The molecule has 1 fully saturated rings. The van der Waals surface area contributed by atoms with Gasteiger partial charge in [0.2, 0.25) is 0 Å². The molecule has 0 radical (unpaired) electrons. The monoisotopic (exact) mass is 430 g/mol. The van der Waals surface area contributed by atoms with E-state index in [1.165, 1.54) is 11.1 Å². The van der Waals surface area contributed by atoms with Crippen LogP contribution in [0.3, 0.4) is 0 Å². The van der Waals surface area contributed by atoms with Crippen molar-refractivity contribution in [3.8, 4) is 0 Å². The van der Waals surface area contributed by atoms with Gasteiger partial charge in [-0.05, 0) is 50.7 Å². The third-order valence-corrected chi connectivity index (χ3v) is 6.68. The molecule has 0 saturated carbocycles. The number of aromatic amines is 1. The number of amides is 1. The van der Waals surface area contributed by atoms with E-state index < -0.39 is 0 Å². The molecule has 0 aliphatic carbocycles. The minimum atomic E-state index is 0.00590. The number of aryl methyl sites for hydroxylation is 1. The van der Waals surface area contributed by atoms with E-state index in [1.807, 2.05) is 4.90 Å². The van der Waals surface area contributed by atoms with Crippen molar-refractivity contribution in [3.63, 3.8) is 0 Å². The molecule has 2 aromatic heterocycles. The fraction of sp³-hybridized carbons (Fsp3) is 0.440. The lowest BCUT2D eigenvalue weighted by atomic mass is 9.95. The van der Waals surface area contributed by atoms with Gasteiger partial charge in [-0.3, -0.25) is 9.89 Å². The summed E-state index contributed by atoms with van der Waals surface area (Å²) >= 11 is 0. The number of hydrogen-bond acceptors (Lipinski definition) is 5. The summed E-state index contributed by atoms with van der Waals surface area (Å²) < 4.78 is 0. The fourth-order valence-corrected chi connectivity index (χ4v) is 4.94. The molecule has 0 unspecified atom stereocenters. The summed E-state index contributed by atoms with van der Waals surface area (Å²) in [5, 5.41) is 6.71. The van der Waals surface area contributed by atoms with Crippen molar-refractivity contribution >= 4 is 11.7 Å². The Kier molecular flexibility index (Phi) is 5.88. The molecule has 2 aliphatic rings. The minimum Gasteiger partial charge on any atom is -0.356 e. The lowest BCUT2D eigenvalue weighted by Gasteiger charge is -2.34. The maximum Gasteiger partial charge on any atom is 0.271 e. The first-order valence-electron chi connectivity index (χ1n) is 11.6. The quantitative estimate of drug-likeness (QED) is 0.670. The van der Waals surface area contributed by atoms with Crippen molar-refractivity contribution < 1.29 is 4.79 Å². The highest BCUT2D eigenvalue weighted by molar-refractivity contribution is 5.92. The lowest BCUT2D eigenvalue weighted by molar-refractivity contribution is 0.0698. The second-order valence-corrected chi connectivity index (χ2v) is 8.86. The molecular formula is C25H30N6O. The van der Waals surface area contributed by atoms with Gasteiger partial charge in [-0.15, -0.1) is 0 Å². The second kappa shape index (κ2) is 9.10. The minimum absolute atomic E-state index is 0.00590. The summed E-state index contributed by atoms with van der Waals surface area (Å²) in [6.07, 6.45) is 6.78. The first-order chi connectivity index (χ1) is 15.7. The van der Waals surface area contributed by atoms with E-state index in [-0.39, 0.29) is 11.8 Å². The Labute approximate surface area is 188 Å². The predicted molar refractivity (Wildman–Crippen MR) is 124 cm³/mol. The molecule has 0 bridgehead atoms. The van der Waals surface area contributed by atoms with Crippen LogP contribution in [-0.4, -0.2) is 57.2 Å². The molecule has 1 atom stereocenters. The first-order valence-corrected chi connectivity index (χ1v) is 11.6. The van der Waals surface area contributed by atoms with Gasteiger partial charge in [0, 0.05) is 49.6 Å². The number of piperidine rings is 1. The largest absolute Gasteiger partial charge is 0.356 e. The fourth-order valence-electron chi connectivity index (χ4n) is 4.94. The van der Waals surface area contributed by atoms with Gasteiger partial charge in [0.25, 0.3) is 5.91 Å². The van der Waals surface area contributed by atoms with E-state index in [0.717, 1.165) is 69.1 Å².